The normalized spacial score (nSPS) is 10.6. The number of aryl methyl sites for hydroxylation is 1. The smallest absolute Gasteiger partial charge is 0.0932 e. The molecule has 0 fully saturated rings. The van der Waals surface area contributed by atoms with Crippen LogP contribution in [-0.2, 0) is 6.42 Å². The average molecular weight is 314 g/mol. The van der Waals surface area contributed by atoms with Crippen LogP contribution in [0.3, 0.4) is 0 Å². The Morgan fingerprint density at radius 1 is 1.31 bits per heavy atom. The molecule has 0 aliphatic carbocycles. The number of nitrogens with zero attached hydrogens (tertiary/aromatic N) is 1. The predicted molar refractivity (Wildman–Crippen MR) is 77.4 cm³/mol. The van der Waals surface area contributed by atoms with Crippen molar-refractivity contribution < 1.29 is 0 Å². The molecule has 1 heterocycles. The largest absolute Gasteiger partial charge is 0.241 e. The van der Waals surface area contributed by atoms with Crippen LogP contribution in [0, 0.1) is 0 Å². The van der Waals surface area contributed by atoms with Crippen molar-refractivity contribution in [2.24, 2.45) is 0 Å². The molecule has 1 nitrogen and oxygen atoms in total. The lowest BCUT2D eigenvalue weighted by Crippen LogP contribution is -1.86. The Bertz CT molecular complexity index is 468. The molecule has 1 aromatic heterocycles. The van der Waals surface area contributed by atoms with E-state index in [1.807, 2.05) is 18.2 Å². The first-order valence-electron chi connectivity index (χ1n) is 5.11. The summed E-state index contributed by atoms with van der Waals surface area (Å²) < 4.78 is 1.10. The summed E-state index contributed by atoms with van der Waals surface area (Å²) in [6.07, 6.45) is 2.12. The third kappa shape index (κ3) is 2.87. The molecule has 2 rings (SSSR count). The van der Waals surface area contributed by atoms with Crippen LogP contribution in [0.15, 0.2) is 34.1 Å². The van der Waals surface area contributed by atoms with Crippen LogP contribution in [0.5, 0.6) is 0 Å². The molecule has 0 amide bonds. The van der Waals surface area contributed by atoms with Gasteiger partial charge in [0.05, 0.1) is 10.7 Å². The topological polar surface area (TPSA) is 12.9 Å². The Hall–Kier alpha value is -0.320. The van der Waals surface area contributed by atoms with Gasteiger partial charge in [0.1, 0.15) is 0 Å². The first-order valence-corrected chi connectivity index (χ1v) is 7.42. The fraction of sp³-hybridized carbons (Fsp3) is 0.250. The molecule has 0 aliphatic heterocycles. The molecule has 0 spiro atoms. The quantitative estimate of drug-likeness (QED) is 0.824. The van der Waals surface area contributed by atoms with Gasteiger partial charge in [-0.05, 0) is 18.2 Å². The lowest BCUT2D eigenvalue weighted by Gasteiger charge is -1.99. The van der Waals surface area contributed by atoms with Crippen LogP contribution in [0.2, 0.25) is 0 Å². The molecule has 0 radical (unpaired) electrons. The van der Waals surface area contributed by atoms with Crippen molar-refractivity contribution in [2.75, 3.05) is 5.75 Å². The highest BCUT2D eigenvalue weighted by Crippen LogP contribution is 2.29. The van der Waals surface area contributed by atoms with Gasteiger partial charge in [-0.3, -0.25) is 0 Å². The fourth-order valence-corrected chi connectivity index (χ4v) is 2.94. The third-order valence-corrected chi connectivity index (χ3v) is 4.17. The molecular weight excluding hydrogens is 302 g/mol. The monoisotopic (exact) mass is 313 g/mol. The Balaban J connectivity index is 2.22. The molecule has 0 N–H and O–H groups in total. The van der Waals surface area contributed by atoms with E-state index in [1.54, 1.807) is 11.3 Å². The summed E-state index contributed by atoms with van der Waals surface area (Å²) in [7, 11) is 0. The number of thiazole rings is 1. The summed E-state index contributed by atoms with van der Waals surface area (Å²) in [5, 5.41) is 3.31. The molecule has 2 aromatic rings. The molecule has 0 saturated heterocycles. The Labute approximate surface area is 113 Å². The highest BCUT2D eigenvalue weighted by Gasteiger charge is 2.06. The van der Waals surface area contributed by atoms with Crippen LogP contribution in [0.25, 0.3) is 11.3 Å². The predicted octanol–water partition coefficient (Wildman–Crippen LogP) is 4.44. The second kappa shape index (κ2) is 5.84. The molecule has 0 bridgehead atoms. The van der Waals surface area contributed by atoms with Crippen molar-refractivity contribution in [1.29, 1.82) is 0 Å². The van der Waals surface area contributed by atoms with Crippen molar-refractivity contribution >= 4 is 39.9 Å². The highest BCUT2D eigenvalue weighted by molar-refractivity contribution is 9.10. The molecule has 0 saturated carbocycles. The van der Waals surface area contributed by atoms with E-state index in [-0.39, 0.29) is 0 Å². The number of thiol groups is 1. The van der Waals surface area contributed by atoms with E-state index in [0.29, 0.717) is 0 Å². The van der Waals surface area contributed by atoms with Crippen LogP contribution in [-0.4, -0.2) is 10.7 Å². The van der Waals surface area contributed by atoms with E-state index in [9.17, 15) is 0 Å². The molecule has 0 atom stereocenters. The van der Waals surface area contributed by atoms with Gasteiger partial charge in [-0.1, -0.05) is 34.1 Å². The standard InChI is InChI=1S/C12H12BrNS2/c13-10-5-2-1-4-9(10)11-8-16-12(14-11)6-3-7-15/h1-2,4-5,8,15H,3,6-7H2. The summed E-state index contributed by atoms with van der Waals surface area (Å²) in [6, 6.07) is 8.18. The maximum Gasteiger partial charge on any atom is 0.0932 e. The Kier molecular flexibility index (Phi) is 4.44. The summed E-state index contributed by atoms with van der Waals surface area (Å²) in [5.41, 5.74) is 2.22. The van der Waals surface area contributed by atoms with Crippen molar-refractivity contribution in [3.05, 3.63) is 39.1 Å². The minimum absolute atomic E-state index is 0.921. The maximum absolute atomic E-state index is 4.63. The zero-order valence-corrected chi connectivity index (χ0v) is 12.0. The molecule has 16 heavy (non-hydrogen) atoms. The zero-order chi connectivity index (χ0) is 11.4. The first kappa shape index (κ1) is 12.1. The van der Waals surface area contributed by atoms with E-state index in [0.717, 1.165) is 34.3 Å². The first-order chi connectivity index (χ1) is 7.81. The van der Waals surface area contributed by atoms with Crippen LogP contribution in [0.1, 0.15) is 11.4 Å². The van der Waals surface area contributed by atoms with E-state index < -0.39 is 0 Å². The van der Waals surface area contributed by atoms with Gasteiger partial charge >= 0.3 is 0 Å². The lowest BCUT2D eigenvalue weighted by molar-refractivity contribution is 0.923. The van der Waals surface area contributed by atoms with Gasteiger partial charge < -0.3 is 0 Å². The number of benzene rings is 1. The van der Waals surface area contributed by atoms with Gasteiger partial charge in [-0.25, -0.2) is 4.98 Å². The van der Waals surface area contributed by atoms with E-state index in [4.69, 9.17) is 0 Å². The lowest BCUT2D eigenvalue weighted by atomic mass is 10.2. The van der Waals surface area contributed by atoms with Crippen molar-refractivity contribution in [2.45, 2.75) is 12.8 Å². The number of rotatable bonds is 4. The number of hydrogen-bond donors (Lipinski definition) is 1. The van der Waals surface area contributed by atoms with Crippen molar-refractivity contribution in [3.63, 3.8) is 0 Å². The SMILES string of the molecule is SCCCc1nc(-c2ccccc2Br)cs1. The average Bonchev–Trinajstić information content (AvgIpc) is 2.75. The van der Waals surface area contributed by atoms with Gasteiger partial charge in [0, 0.05) is 21.8 Å². The number of aromatic nitrogens is 1. The van der Waals surface area contributed by atoms with E-state index in [2.05, 4.69) is 45.0 Å². The van der Waals surface area contributed by atoms with Gasteiger partial charge in [0.25, 0.3) is 0 Å². The highest BCUT2D eigenvalue weighted by atomic mass is 79.9. The molecule has 0 aliphatic rings. The molecule has 0 unspecified atom stereocenters. The third-order valence-electron chi connectivity index (χ3n) is 2.25. The summed E-state index contributed by atoms with van der Waals surface area (Å²) in [5.74, 6) is 0.921. The van der Waals surface area contributed by atoms with Gasteiger partial charge in [0.2, 0.25) is 0 Å². The maximum atomic E-state index is 4.63. The molecule has 1 aromatic carbocycles. The zero-order valence-electron chi connectivity index (χ0n) is 8.69. The van der Waals surface area contributed by atoms with E-state index >= 15 is 0 Å². The summed E-state index contributed by atoms with van der Waals surface area (Å²) >= 11 is 9.49. The van der Waals surface area contributed by atoms with E-state index in [1.165, 1.54) is 5.01 Å². The minimum Gasteiger partial charge on any atom is -0.241 e. The number of hydrogen-bond acceptors (Lipinski definition) is 3. The molecular formula is C12H12BrNS2. The molecule has 4 heteroatoms. The Morgan fingerprint density at radius 3 is 2.88 bits per heavy atom. The van der Waals surface area contributed by atoms with Crippen LogP contribution >= 0.6 is 39.9 Å². The minimum atomic E-state index is 0.921. The summed E-state index contributed by atoms with van der Waals surface area (Å²) in [4.78, 5) is 4.63. The van der Waals surface area contributed by atoms with Crippen molar-refractivity contribution in [3.8, 4) is 11.3 Å². The van der Waals surface area contributed by atoms with Crippen LogP contribution in [0.4, 0.5) is 0 Å². The summed E-state index contributed by atoms with van der Waals surface area (Å²) in [6.45, 7) is 0. The van der Waals surface area contributed by atoms with Gasteiger partial charge in [-0.15, -0.1) is 11.3 Å². The van der Waals surface area contributed by atoms with Crippen molar-refractivity contribution in [1.82, 2.24) is 4.98 Å². The second-order valence-corrected chi connectivity index (χ2v) is 5.68. The Morgan fingerprint density at radius 2 is 2.12 bits per heavy atom. The fourth-order valence-electron chi connectivity index (χ4n) is 1.45. The second-order valence-electron chi connectivity index (χ2n) is 3.43. The van der Waals surface area contributed by atoms with Gasteiger partial charge in [0.15, 0.2) is 0 Å². The number of halogens is 1. The van der Waals surface area contributed by atoms with Gasteiger partial charge in [-0.2, -0.15) is 12.6 Å². The van der Waals surface area contributed by atoms with Crippen LogP contribution < -0.4 is 0 Å². The molecule has 84 valence electrons.